The van der Waals surface area contributed by atoms with Crippen LogP contribution in [0, 0.1) is 0 Å². The maximum Gasteiger partial charge on any atom is 0.104 e. The van der Waals surface area contributed by atoms with Gasteiger partial charge in [-0.15, -0.1) is 0 Å². The first kappa shape index (κ1) is 5.41. The van der Waals surface area contributed by atoms with Crippen LogP contribution >= 0.6 is 0 Å². The van der Waals surface area contributed by atoms with Gasteiger partial charge in [-0.3, -0.25) is 9.97 Å². The predicted octanol–water partition coefficient (Wildman–Crippen LogP) is -1.40. The number of nitrogens with one attached hydrogen (secondary N) is 1. The summed E-state index contributed by atoms with van der Waals surface area (Å²) in [5.74, 6) is 0. The minimum atomic E-state index is 0.853. The minimum Gasteiger partial charge on any atom is -0.386 e. The lowest BCUT2D eigenvalue weighted by atomic mass is 10.4. The molecule has 1 aliphatic heterocycles. The van der Waals surface area contributed by atoms with E-state index >= 15 is 0 Å². The van der Waals surface area contributed by atoms with E-state index in [1.54, 1.807) is 12.4 Å². The molecule has 0 atom stereocenters. The van der Waals surface area contributed by atoms with Gasteiger partial charge in [0.25, 0.3) is 0 Å². The van der Waals surface area contributed by atoms with Crippen LogP contribution in [0.1, 0.15) is 0 Å². The van der Waals surface area contributed by atoms with E-state index in [-0.39, 0.29) is 0 Å². The molecule has 10 heavy (non-hydrogen) atoms. The van der Waals surface area contributed by atoms with Crippen LogP contribution in [0.5, 0.6) is 0 Å². The molecule has 3 nitrogen and oxygen atoms in total. The van der Waals surface area contributed by atoms with Gasteiger partial charge >= 0.3 is 0 Å². The zero-order valence-electron chi connectivity index (χ0n) is 5.41. The van der Waals surface area contributed by atoms with Crippen molar-refractivity contribution in [1.82, 2.24) is 15.3 Å². The summed E-state index contributed by atoms with van der Waals surface area (Å²) >= 11 is 0. The van der Waals surface area contributed by atoms with Crippen molar-refractivity contribution in [2.24, 2.45) is 0 Å². The minimum absolute atomic E-state index is 0.853. The highest BCUT2D eigenvalue weighted by Gasteiger charge is 1.90. The van der Waals surface area contributed by atoms with Gasteiger partial charge in [-0.25, -0.2) is 0 Å². The van der Waals surface area contributed by atoms with Gasteiger partial charge in [0.05, 0.1) is 5.35 Å². The number of rotatable bonds is 0. The van der Waals surface area contributed by atoms with E-state index in [1.807, 2.05) is 12.3 Å². The van der Waals surface area contributed by atoms with Crippen molar-refractivity contribution >= 4 is 12.3 Å². The Hall–Kier alpha value is -1.38. The summed E-state index contributed by atoms with van der Waals surface area (Å²) in [4.78, 5) is 8.24. The third-order valence-corrected chi connectivity index (χ3v) is 1.41. The molecule has 1 aliphatic rings. The smallest absolute Gasteiger partial charge is 0.104 e. The Labute approximate surface area is 58.1 Å². The summed E-state index contributed by atoms with van der Waals surface area (Å²) in [7, 11) is 0. The van der Waals surface area contributed by atoms with Crippen LogP contribution in [-0.4, -0.2) is 16.5 Å². The van der Waals surface area contributed by atoms with Gasteiger partial charge in [0.15, 0.2) is 0 Å². The summed E-state index contributed by atoms with van der Waals surface area (Å²) in [6.45, 7) is 0.853. The topological polar surface area (TPSA) is 37.8 Å². The molecule has 1 N–H and O–H groups in total. The Bertz CT molecular complexity index is 307. The first-order chi connectivity index (χ1) is 4.97. The van der Waals surface area contributed by atoms with Gasteiger partial charge < -0.3 is 5.32 Å². The van der Waals surface area contributed by atoms with E-state index < -0.39 is 0 Å². The Kier molecular flexibility index (Phi) is 1.13. The summed E-state index contributed by atoms with van der Waals surface area (Å²) in [6.07, 6.45) is 7.29. The second-order valence-corrected chi connectivity index (χ2v) is 2.08. The molecule has 0 spiro atoms. The number of nitrogens with zero attached hydrogens (tertiary/aromatic N) is 2. The molecule has 0 radical (unpaired) electrons. The molecule has 0 unspecified atom stereocenters. The van der Waals surface area contributed by atoms with E-state index in [2.05, 4.69) is 15.3 Å². The molecular formula is C7H7N3. The van der Waals surface area contributed by atoms with Gasteiger partial charge in [-0.1, -0.05) is 0 Å². The second kappa shape index (κ2) is 2.10. The molecular weight excluding hydrogens is 126 g/mol. The van der Waals surface area contributed by atoms with E-state index in [0.717, 1.165) is 17.2 Å². The second-order valence-electron chi connectivity index (χ2n) is 2.08. The average molecular weight is 133 g/mol. The van der Waals surface area contributed by atoms with E-state index in [9.17, 15) is 0 Å². The van der Waals surface area contributed by atoms with Crippen molar-refractivity contribution in [1.29, 1.82) is 0 Å². The summed E-state index contributed by atoms with van der Waals surface area (Å²) < 4.78 is 0. The standard InChI is InChI=1S/C7H7N3/c1-2-8-5-7-6(1)9-3-4-10-7/h1,3-5,8H,2H2. The van der Waals surface area contributed by atoms with Crippen LogP contribution in [-0.2, 0) is 0 Å². The Morgan fingerprint density at radius 2 is 2.00 bits per heavy atom. The number of aromatic nitrogens is 2. The fourth-order valence-electron chi connectivity index (χ4n) is 0.939. The zero-order chi connectivity index (χ0) is 6.81. The predicted molar refractivity (Wildman–Crippen MR) is 38.2 cm³/mol. The summed E-state index contributed by atoms with van der Waals surface area (Å²) in [6, 6.07) is 0. The van der Waals surface area contributed by atoms with Crippen molar-refractivity contribution in [2.75, 3.05) is 6.54 Å². The van der Waals surface area contributed by atoms with Gasteiger partial charge in [-0.05, 0) is 6.08 Å². The van der Waals surface area contributed by atoms with Gasteiger partial charge in [0, 0.05) is 25.1 Å². The van der Waals surface area contributed by atoms with Gasteiger partial charge in [-0.2, -0.15) is 0 Å². The zero-order valence-corrected chi connectivity index (χ0v) is 5.41. The normalized spacial score (nSPS) is 14.0. The van der Waals surface area contributed by atoms with Gasteiger partial charge in [0.2, 0.25) is 0 Å². The van der Waals surface area contributed by atoms with Crippen LogP contribution in [0.4, 0.5) is 0 Å². The molecule has 0 bridgehead atoms. The monoisotopic (exact) mass is 133 g/mol. The maximum atomic E-state index is 4.13. The number of hydrogen-bond acceptors (Lipinski definition) is 3. The van der Waals surface area contributed by atoms with Crippen LogP contribution < -0.4 is 16.0 Å². The quantitative estimate of drug-likeness (QED) is 0.473. The van der Waals surface area contributed by atoms with Crippen molar-refractivity contribution in [3.8, 4) is 0 Å². The first-order valence-corrected chi connectivity index (χ1v) is 3.17. The van der Waals surface area contributed by atoms with Crippen molar-refractivity contribution in [3.63, 3.8) is 0 Å². The van der Waals surface area contributed by atoms with E-state index in [4.69, 9.17) is 0 Å². The van der Waals surface area contributed by atoms with Crippen LogP contribution in [0.25, 0.3) is 12.3 Å². The van der Waals surface area contributed by atoms with E-state index in [1.165, 1.54) is 0 Å². The van der Waals surface area contributed by atoms with Crippen molar-refractivity contribution in [2.45, 2.75) is 0 Å². The Morgan fingerprint density at radius 3 is 2.80 bits per heavy atom. The molecule has 1 aromatic heterocycles. The molecule has 3 heteroatoms. The number of fused-ring (bicyclic) bond motifs is 1. The van der Waals surface area contributed by atoms with Crippen LogP contribution in [0.2, 0.25) is 0 Å². The third-order valence-electron chi connectivity index (χ3n) is 1.41. The Morgan fingerprint density at radius 1 is 1.20 bits per heavy atom. The summed E-state index contributed by atoms with van der Waals surface area (Å²) in [5.41, 5.74) is 0. The van der Waals surface area contributed by atoms with Crippen LogP contribution in [0.15, 0.2) is 12.4 Å². The third kappa shape index (κ3) is 0.757. The lowest BCUT2D eigenvalue weighted by Crippen LogP contribution is -2.37. The summed E-state index contributed by atoms with van der Waals surface area (Å²) in [5, 5.41) is 4.96. The Balaban J connectivity index is 2.84. The molecule has 0 saturated heterocycles. The average Bonchev–Trinajstić information content (AvgIpc) is 2.05. The number of hydrogen-bond donors (Lipinski definition) is 1. The largest absolute Gasteiger partial charge is 0.386 e. The molecule has 0 fully saturated rings. The highest BCUT2D eigenvalue weighted by Crippen LogP contribution is 1.67. The van der Waals surface area contributed by atoms with Crippen molar-refractivity contribution < 1.29 is 0 Å². The molecule has 50 valence electrons. The molecule has 0 aromatic carbocycles. The molecule has 0 aliphatic carbocycles. The molecule has 0 amide bonds. The molecule has 0 saturated carbocycles. The van der Waals surface area contributed by atoms with Gasteiger partial charge in [0.1, 0.15) is 5.35 Å². The van der Waals surface area contributed by atoms with E-state index in [0.29, 0.717) is 0 Å². The fourth-order valence-corrected chi connectivity index (χ4v) is 0.939. The lowest BCUT2D eigenvalue weighted by Gasteiger charge is -1.98. The molecule has 2 heterocycles. The SMILES string of the molecule is C1=c2nccnc2=CNC1. The highest BCUT2D eigenvalue weighted by atomic mass is 14.9. The van der Waals surface area contributed by atoms with Crippen molar-refractivity contribution in [3.05, 3.63) is 23.1 Å². The molecule has 2 rings (SSSR count). The maximum absolute atomic E-state index is 4.13. The lowest BCUT2D eigenvalue weighted by molar-refractivity contribution is 0.987. The first-order valence-electron chi connectivity index (χ1n) is 3.17. The molecule has 1 aromatic rings. The van der Waals surface area contributed by atoms with Crippen LogP contribution in [0.3, 0.4) is 0 Å². The highest BCUT2D eigenvalue weighted by molar-refractivity contribution is 5.32. The fraction of sp³-hybridized carbons (Fsp3) is 0.143.